The molecule has 1 aliphatic heterocycles. The summed E-state index contributed by atoms with van der Waals surface area (Å²) in [4.78, 5) is 24.3. The van der Waals surface area contributed by atoms with Gasteiger partial charge in [-0.05, 0) is 59.6 Å². The highest BCUT2D eigenvalue weighted by Crippen LogP contribution is 2.33. The maximum Gasteiger partial charge on any atom is 0.331 e. The summed E-state index contributed by atoms with van der Waals surface area (Å²) >= 11 is 1.58. The summed E-state index contributed by atoms with van der Waals surface area (Å²) in [6, 6.07) is 0. The van der Waals surface area contributed by atoms with Crippen LogP contribution in [0.5, 0.6) is 0 Å². The molecule has 1 aromatic heterocycles. The first-order valence-electron chi connectivity index (χ1n) is 10.0. The molecule has 0 unspecified atom stereocenters. The van der Waals surface area contributed by atoms with Gasteiger partial charge < -0.3 is 9.64 Å². The number of esters is 1. The summed E-state index contributed by atoms with van der Waals surface area (Å²) in [5.41, 5.74) is 4.38. The van der Waals surface area contributed by atoms with Crippen molar-refractivity contribution in [2.24, 2.45) is 0 Å². The van der Waals surface area contributed by atoms with Crippen LogP contribution in [0.15, 0.2) is 28.5 Å². The number of fused-ring (bicyclic) bond motifs is 1. The third-order valence-electron chi connectivity index (χ3n) is 5.02. The van der Waals surface area contributed by atoms with Crippen LogP contribution in [0.3, 0.4) is 0 Å². The molecule has 1 aromatic rings. The van der Waals surface area contributed by atoms with Crippen LogP contribution in [0.2, 0.25) is 0 Å². The Morgan fingerprint density at radius 1 is 1.21 bits per heavy atom. The van der Waals surface area contributed by atoms with Gasteiger partial charge in [0.25, 0.3) is 0 Å². The van der Waals surface area contributed by atoms with Gasteiger partial charge in [-0.15, -0.1) is 0 Å². The molecule has 2 heterocycles. The molecule has 0 amide bonds. The van der Waals surface area contributed by atoms with Crippen LogP contribution in [0.25, 0.3) is 0 Å². The van der Waals surface area contributed by atoms with Crippen molar-refractivity contribution < 1.29 is 9.53 Å². The lowest BCUT2D eigenvalue weighted by atomic mass is 9.91. The van der Waals surface area contributed by atoms with Crippen LogP contribution in [0.1, 0.15) is 58.2 Å². The van der Waals surface area contributed by atoms with Crippen molar-refractivity contribution in [3.8, 4) is 0 Å². The molecule has 0 saturated heterocycles. The molecule has 0 fully saturated rings. The first-order chi connectivity index (χ1) is 13.2. The Labute approximate surface area is 172 Å². The Morgan fingerprint density at radius 2 is 2.00 bits per heavy atom. The Hall–Kier alpha value is -1.82. The van der Waals surface area contributed by atoms with Gasteiger partial charge in [0.05, 0.1) is 5.69 Å². The summed E-state index contributed by atoms with van der Waals surface area (Å²) in [6.45, 7) is 9.88. The number of anilines is 1. The molecule has 0 radical (unpaired) electrons. The number of hydrogen-bond acceptors (Lipinski definition) is 6. The zero-order valence-electron chi connectivity index (χ0n) is 17.7. The first-order valence-corrected chi connectivity index (χ1v) is 11.2. The third-order valence-corrected chi connectivity index (χ3v) is 5.57. The van der Waals surface area contributed by atoms with Gasteiger partial charge in [-0.2, -0.15) is 0 Å². The summed E-state index contributed by atoms with van der Waals surface area (Å²) in [6.07, 6.45) is 10.6. The van der Waals surface area contributed by atoms with Crippen molar-refractivity contribution in [3.63, 3.8) is 0 Å². The van der Waals surface area contributed by atoms with Gasteiger partial charge in [0.1, 0.15) is 11.4 Å². The van der Waals surface area contributed by atoms with Crippen molar-refractivity contribution in [2.75, 3.05) is 24.2 Å². The largest absolute Gasteiger partial charge is 0.457 e. The molecule has 5 nitrogen and oxygen atoms in total. The summed E-state index contributed by atoms with van der Waals surface area (Å²) < 4.78 is 5.45. The fourth-order valence-corrected chi connectivity index (χ4v) is 4.04. The molecule has 0 spiro atoms. The second kappa shape index (κ2) is 8.68. The van der Waals surface area contributed by atoms with Gasteiger partial charge in [0.2, 0.25) is 0 Å². The Morgan fingerprint density at radius 3 is 2.71 bits per heavy atom. The summed E-state index contributed by atoms with van der Waals surface area (Å²) in [7, 11) is 0. The second-order valence-corrected chi connectivity index (χ2v) is 9.32. The van der Waals surface area contributed by atoms with E-state index in [1.54, 1.807) is 17.8 Å². The molecular weight excluding hydrogens is 370 g/mol. The van der Waals surface area contributed by atoms with Crippen molar-refractivity contribution >= 4 is 23.5 Å². The van der Waals surface area contributed by atoms with Gasteiger partial charge in [-0.1, -0.05) is 29.0 Å². The van der Waals surface area contributed by atoms with Crippen LogP contribution in [0, 0.1) is 0 Å². The summed E-state index contributed by atoms with van der Waals surface area (Å²) in [5, 5.41) is 0.807. The monoisotopic (exact) mass is 401 g/mol. The van der Waals surface area contributed by atoms with Crippen LogP contribution in [-0.2, 0) is 22.4 Å². The number of allylic oxidation sites excluding steroid dienone is 1. The van der Waals surface area contributed by atoms with E-state index in [-0.39, 0.29) is 5.97 Å². The lowest BCUT2D eigenvalue weighted by Gasteiger charge is -2.28. The maximum absolute atomic E-state index is 12.2. The maximum atomic E-state index is 12.2. The van der Waals surface area contributed by atoms with Crippen molar-refractivity contribution in [2.45, 2.75) is 70.6 Å². The van der Waals surface area contributed by atoms with Crippen molar-refractivity contribution in [1.29, 1.82) is 0 Å². The molecule has 1 aliphatic carbocycles. The standard InChI is InChI=1S/C22H31N3O2S/c1-15-7-6-11-25(12-10-15)20-17-9-8-16(14-19(26)27-22(2,3)4)13-18(17)23-21(24-20)28-5/h7,14H,6,8-13H2,1-5H3/b16-14+. The minimum absolute atomic E-state index is 0.264. The predicted octanol–water partition coefficient (Wildman–Crippen LogP) is 4.50. The molecule has 3 rings (SSSR count). The zero-order chi connectivity index (χ0) is 20.3. The van der Waals surface area contributed by atoms with Gasteiger partial charge in [0.15, 0.2) is 5.16 Å². The number of ether oxygens (including phenoxy) is 1. The van der Waals surface area contributed by atoms with E-state index in [1.165, 1.54) is 11.1 Å². The van der Waals surface area contributed by atoms with Crippen LogP contribution in [0.4, 0.5) is 5.82 Å². The molecule has 0 N–H and O–H groups in total. The van der Waals surface area contributed by atoms with Crippen LogP contribution in [-0.4, -0.2) is 40.9 Å². The number of aromatic nitrogens is 2. The van der Waals surface area contributed by atoms with Crippen molar-refractivity contribution in [3.05, 3.63) is 34.6 Å². The van der Waals surface area contributed by atoms with E-state index < -0.39 is 5.60 Å². The van der Waals surface area contributed by atoms with E-state index in [0.29, 0.717) is 6.42 Å². The van der Waals surface area contributed by atoms with Gasteiger partial charge in [0, 0.05) is 31.1 Å². The highest BCUT2D eigenvalue weighted by atomic mass is 32.2. The minimum Gasteiger partial charge on any atom is -0.457 e. The molecule has 28 heavy (non-hydrogen) atoms. The number of nitrogens with zero attached hydrogens (tertiary/aromatic N) is 3. The summed E-state index contributed by atoms with van der Waals surface area (Å²) in [5.74, 6) is 0.827. The number of carbonyl (C=O) groups excluding carboxylic acids is 1. The van der Waals surface area contributed by atoms with Gasteiger partial charge in [-0.25, -0.2) is 14.8 Å². The number of hydrogen-bond donors (Lipinski definition) is 0. The SMILES string of the molecule is CSc1nc2c(c(N3CCC=C(C)CC3)n1)CC/C(=C\C(=O)OC(C)(C)C)C2. The minimum atomic E-state index is -0.471. The fourth-order valence-electron chi connectivity index (χ4n) is 3.66. The quantitative estimate of drug-likeness (QED) is 0.244. The van der Waals surface area contributed by atoms with E-state index in [9.17, 15) is 4.79 Å². The van der Waals surface area contributed by atoms with E-state index in [4.69, 9.17) is 14.7 Å². The van der Waals surface area contributed by atoms with Crippen LogP contribution >= 0.6 is 11.8 Å². The highest BCUT2D eigenvalue weighted by Gasteiger charge is 2.25. The molecule has 152 valence electrons. The predicted molar refractivity (Wildman–Crippen MR) is 115 cm³/mol. The molecule has 0 saturated carbocycles. The number of thioether (sulfide) groups is 1. The van der Waals surface area contributed by atoms with E-state index >= 15 is 0 Å². The Bertz CT molecular complexity index is 809. The molecule has 6 heteroatoms. The lowest BCUT2D eigenvalue weighted by molar-refractivity contribution is -0.148. The van der Waals surface area contributed by atoms with E-state index in [1.807, 2.05) is 27.0 Å². The Balaban J connectivity index is 1.85. The second-order valence-electron chi connectivity index (χ2n) is 8.55. The lowest BCUT2D eigenvalue weighted by Crippen LogP contribution is -2.28. The normalized spacial score (nSPS) is 19.1. The van der Waals surface area contributed by atoms with E-state index in [2.05, 4.69) is 17.9 Å². The molecule has 0 atom stereocenters. The topological polar surface area (TPSA) is 55.3 Å². The molecular formula is C22H31N3O2S. The smallest absolute Gasteiger partial charge is 0.331 e. The average molecular weight is 402 g/mol. The molecule has 0 aromatic carbocycles. The third kappa shape index (κ3) is 5.37. The first kappa shape index (κ1) is 20.9. The number of rotatable bonds is 3. The average Bonchev–Trinajstić information content (AvgIpc) is 2.83. The fraction of sp³-hybridized carbons (Fsp3) is 0.591. The highest BCUT2D eigenvalue weighted by molar-refractivity contribution is 7.98. The Kier molecular flexibility index (Phi) is 6.48. The van der Waals surface area contributed by atoms with E-state index in [0.717, 1.165) is 61.0 Å². The molecule has 2 aliphatic rings. The molecule has 0 bridgehead atoms. The number of carbonyl (C=O) groups is 1. The van der Waals surface area contributed by atoms with Crippen LogP contribution < -0.4 is 4.90 Å². The van der Waals surface area contributed by atoms with Gasteiger partial charge >= 0.3 is 5.97 Å². The van der Waals surface area contributed by atoms with Crippen molar-refractivity contribution in [1.82, 2.24) is 9.97 Å². The zero-order valence-corrected chi connectivity index (χ0v) is 18.5. The van der Waals surface area contributed by atoms with Gasteiger partial charge in [-0.3, -0.25) is 0 Å².